The molecule has 1 unspecified atom stereocenters. The summed E-state index contributed by atoms with van der Waals surface area (Å²) in [5.74, 6) is -0.0377. The molecule has 0 radical (unpaired) electrons. The Bertz CT molecular complexity index is 1090. The van der Waals surface area contributed by atoms with Gasteiger partial charge in [-0.3, -0.25) is 4.79 Å². The van der Waals surface area contributed by atoms with Crippen LogP contribution < -0.4 is 4.74 Å². The Morgan fingerprint density at radius 3 is 2.27 bits per heavy atom. The fourth-order valence-corrected chi connectivity index (χ4v) is 3.25. The van der Waals surface area contributed by atoms with Crippen LogP contribution in [0.5, 0.6) is 11.5 Å². The lowest BCUT2D eigenvalue weighted by Crippen LogP contribution is -2.21. The first-order chi connectivity index (χ1) is 15.7. The summed E-state index contributed by atoms with van der Waals surface area (Å²) in [6, 6.07) is 21.8. The van der Waals surface area contributed by atoms with Gasteiger partial charge >= 0.3 is 12.1 Å². The third kappa shape index (κ3) is 6.97. The van der Waals surface area contributed by atoms with Crippen LogP contribution in [0.2, 0.25) is 0 Å². The Hall–Kier alpha value is -3.54. The van der Waals surface area contributed by atoms with Gasteiger partial charge in [-0.1, -0.05) is 74.5 Å². The molecule has 0 N–H and O–H groups in total. The van der Waals surface area contributed by atoms with Crippen LogP contribution in [0, 0.1) is 11.8 Å². The number of esters is 1. The van der Waals surface area contributed by atoms with Crippen molar-refractivity contribution in [2.24, 2.45) is 11.8 Å². The van der Waals surface area contributed by atoms with Gasteiger partial charge in [0.05, 0.1) is 11.5 Å². The molecule has 33 heavy (non-hydrogen) atoms. The van der Waals surface area contributed by atoms with Crippen molar-refractivity contribution in [3.8, 4) is 11.5 Å². The second kappa shape index (κ2) is 10.9. The van der Waals surface area contributed by atoms with E-state index in [1.807, 2.05) is 50.2 Å². The molecule has 0 saturated carbocycles. The lowest BCUT2D eigenvalue weighted by molar-refractivity contribution is -0.149. The topological polar surface area (TPSA) is 35.5 Å². The van der Waals surface area contributed by atoms with E-state index >= 15 is 0 Å². The summed E-state index contributed by atoms with van der Waals surface area (Å²) < 4.78 is 51.0. The SMILES string of the molecule is CC(C)C(C=Cc1ccccc1C(F)(F)F)C(=O)OCc1cccc(Oc2ccccc2)c1. The van der Waals surface area contributed by atoms with Crippen LogP contribution in [0.25, 0.3) is 6.08 Å². The maximum atomic E-state index is 13.2. The second-order valence-corrected chi connectivity index (χ2v) is 7.88. The molecule has 0 fully saturated rings. The number of ether oxygens (including phenoxy) is 2. The molecular weight excluding hydrogens is 429 g/mol. The van der Waals surface area contributed by atoms with Crippen LogP contribution >= 0.6 is 0 Å². The lowest BCUT2D eigenvalue weighted by Gasteiger charge is -2.17. The smallest absolute Gasteiger partial charge is 0.416 e. The molecule has 3 aromatic rings. The third-order valence-corrected chi connectivity index (χ3v) is 5.00. The molecule has 0 aromatic heterocycles. The summed E-state index contributed by atoms with van der Waals surface area (Å²) in [5.41, 5.74) is 0.00671. The maximum Gasteiger partial charge on any atom is 0.416 e. The number of para-hydroxylation sites is 1. The van der Waals surface area contributed by atoms with E-state index in [0.717, 1.165) is 11.6 Å². The first-order valence-corrected chi connectivity index (χ1v) is 10.6. The fraction of sp³-hybridized carbons (Fsp3) is 0.222. The van der Waals surface area contributed by atoms with Gasteiger partial charge in [0, 0.05) is 0 Å². The highest BCUT2D eigenvalue weighted by atomic mass is 19.4. The van der Waals surface area contributed by atoms with Gasteiger partial charge < -0.3 is 9.47 Å². The van der Waals surface area contributed by atoms with E-state index in [1.54, 1.807) is 18.2 Å². The minimum atomic E-state index is -4.47. The Morgan fingerprint density at radius 1 is 0.909 bits per heavy atom. The van der Waals surface area contributed by atoms with Crippen molar-refractivity contribution in [3.63, 3.8) is 0 Å². The molecule has 6 heteroatoms. The number of benzene rings is 3. The van der Waals surface area contributed by atoms with Gasteiger partial charge in [0.25, 0.3) is 0 Å². The zero-order valence-electron chi connectivity index (χ0n) is 18.4. The predicted molar refractivity (Wildman–Crippen MR) is 122 cm³/mol. The van der Waals surface area contributed by atoms with Crippen molar-refractivity contribution >= 4 is 12.0 Å². The van der Waals surface area contributed by atoms with E-state index in [2.05, 4.69) is 0 Å². The van der Waals surface area contributed by atoms with Crippen molar-refractivity contribution in [1.82, 2.24) is 0 Å². The number of halogens is 3. The van der Waals surface area contributed by atoms with Gasteiger partial charge in [-0.15, -0.1) is 0 Å². The zero-order chi connectivity index (χ0) is 23.8. The largest absolute Gasteiger partial charge is 0.460 e. The van der Waals surface area contributed by atoms with Gasteiger partial charge in [0.2, 0.25) is 0 Å². The number of rotatable bonds is 8. The highest BCUT2D eigenvalue weighted by molar-refractivity contribution is 5.76. The number of hydrogen-bond acceptors (Lipinski definition) is 3. The van der Waals surface area contributed by atoms with E-state index in [-0.39, 0.29) is 18.1 Å². The fourth-order valence-electron chi connectivity index (χ4n) is 3.25. The Kier molecular flexibility index (Phi) is 7.93. The summed E-state index contributed by atoms with van der Waals surface area (Å²) >= 11 is 0. The molecule has 3 aromatic carbocycles. The molecule has 0 amide bonds. The minimum absolute atomic E-state index is 0.00853. The van der Waals surface area contributed by atoms with Crippen LogP contribution in [0.1, 0.15) is 30.5 Å². The lowest BCUT2D eigenvalue weighted by atomic mass is 9.94. The average Bonchev–Trinajstić information content (AvgIpc) is 2.78. The van der Waals surface area contributed by atoms with Crippen molar-refractivity contribution in [3.05, 3.63) is 102 Å². The summed E-state index contributed by atoms with van der Waals surface area (Å²) in [7, 11) is 0. The molecule has 3 rings (SSSR count). The molecule has 3 nitrogen and oxygen atoms in total. The first-order valence-electron chi connectivity index (χ1n) is 10.6. The Labute approximate surface area is 191 Å². The highest BCUT2D eigenvalue weighted by Gasteiger charge is 2.32. The van der Waals surface area contributed by atoms with Gasteiger partial charge in [-0.05, 0) is 47.4 Å². The van der Waals surface area contributed by atoms with Crippen LogP contribution in [0.4, 0.5) is 13.2 Å². The first kappa shape index (κ1) is 24.1. The van der Waals surface area contributed by atoms with E-state index in [4.69, 9.17) is 9.47 Å². The molecule has 172 valence electrons. The van der Waals surface area contributed by atoms with Crippen molar-refractivity contribution in [1.29, 1.82) is 0 Å². The second-order valence-electron chi connectivity index (χ2n) is 7.88. The van der Waals surface area contributed by atoms with Gasteiger partial charge in [0.1, 0.15) is 18.1 Å². The van der Waals surface area contributed by atoms with Crippen LogP contribution in [0.3, 0.4) is 0 Å². The quantitative estimate of drug-likeness (QED) is 0.330. The van der Waals surface area contributed by atoms with E-state index in [9.17, 15) is 18.0 Å². The number of carbonyl (C=O) groups is 1. The van der Waals surface area contributed by atoms with Gasteiger partial charge in [-0.2, -0.15) is 13.2 Å². The average molecular weight is 454 g/mol. The Balaban J connectivity index is 1.67. The van der Waals surface area contributed by atoms with Gasteiger partial charge in [0.15, 0.2) is 0 Å². The molecule has 0 bridgehead atoms. The molecule has 0 aliphatic heterocycles. The molecule has 0 heterocycles. The van der Waals surface area contributed by atoms with Crippen molar-refractivity contribution in [2.75, 3.05) is 0 Å². The monoisotopic (exact) mass is 454 g/mol. The molecular formula is C27H25F3O3. The number of hydrogen-bond donors (Lipinski definition) is 0. The number of carbonyl (C=O) groups excluding carboxylic acids is 1. The normalized spacial score (nSPS) is 12.7. The summed E-state index contributed by atoms with van der Waals surface area (Å²) in [6.45, 7) is 3.67. The molecule has 0 aliphatic carbocycles. The molecule has 0 spiro atoms. The van der Waals surface area contributed by atoms with Crippen molar-refractivity contribution in [2.45, 2.75) is 26.6 Å². The standard InChI is InChI=1S/C27H25F3O3/c1-19(2)24(16-15-21-10-6-7-14-25(21)27(28,29)30)26(31)32-18-20-9-8-13-23(17-20)33-22-11-4-3-5-12-22/h3-17,19,24H,18H2,1-2H3. The third-order valence-electron chi connectivity index (χ3n) is 5.00. The summed E-state index contributed by atoms with van der Waals surface area (Å²) in [6.07, 6.45) is -1.66. The minimum Gasteiger partial charge on any atom is -0.460 e. The summed E-state index contributed by atoms with van der Waals surface area (Å²) in [4.78, 5) is 12.7. The van der Waals surface area contributed by atoms with Crippen LogP contribution in [-0.4, -0.2) is 5.97 Å². The van der Waals surface area contributed by atoms with E-state index in [0.29, 0.717) is 11.5 Å². The van der Waals surface area contributed by atoms with E-state index in [1.165, 1.54) is 30.4 Å². The zero-order valence-corrected chi connectivity index (χ0v) is 18.4. The number of alkyl halides is 3. The predicted octanol–water partition coefficient (Wildman–Crippen LogP) is 7.53. The van der Waals surface area contributed by atoms with Crippen molar-refractivity contribution < 1.29 is 27.4 Å². The molecule has 0 saturated heterocycles. The van der Waals surface area contributed by atoms with E-state index < -0.39 is 23.6 Å². The van der Waals surface area contributed by atoms with Crippen LogP contribution in [-0.2, 0) is 22.3 Å². The molecule has 1 atom stereocenters. The molecule has 0 aliphatic rings. The summed E-state index contributed by atoms with van der Waals surface area (Å²) in [5, 5.41) is 0. The Morgan fingerprint density at radius 2 is 1.58 bits per heavy atom. The van der Waals surface area contributed by atoms with Gasteiger partial charge in [-0.25, -0.2) is 0 Å². The maximum absolute atomic E-state index is 13.2. The highest BCUT2D eigenvalue weighted by Crippen LogP contribution is 2.33. The van der Waals surface area contributed by atoms with Crippen LogP contribution in [0.15, 0.2) is 84.9 Å².